The topological polar surface area (TPSA) is 67.6 Å². The molecule has 0 radical (unpaired) electrons. The van der Waals surface area contributed by atoms with Crippen LogP contribution in [0.4, 0.5) is 17.1 Å². The molecule has 0 bridgehead atoms. The predicted molar refractivity (Wildman–Crippen MR) is 93.2 cm³/mol. The zero-order valence-corrected chi connectivity index (χ0v) is 13.5. The summed E-state index contributed by atoms with van der Waals surface area (Å²) in [7, 11) is 0. The number of nitrogens with zero attached hydrogens (tertiary/aromatic N) is 2. The number of anilines is 3. The monoisotopic (exact) mass is 288 g/mol. The molecule has 0 aromatic heterocycles. The number of hydrogen-bond acceptors (Lipinski definition) is 4. The Bertz CT molecular complexity index is 506. The minimum absolute atomic E-state index is 0.358. The lowest BCUT2D eigenvalue weighted by Gasteiger charge is -2.23. The first-order valence-electron chi connectivity index (χ1n) is 8.02. The predicted octanol–water partition coefficient (Wildman–Crippen LogP) is 3.30. The maximum absolute atomic E-state index is 6.23. The number of hydrogen-bond donors (Lipinski definition) is 2. The quantitative estimate of drug-likeness (QED) is 0.645. The molecule has 1 aromatic carbocycles. The van der Waals surface area contributed by atoms with Gasteiger partial charge in [-0.15, -0.1) is 0 Å². The summed E-state index contributed by atoms with van der Waals surface area (Å²) < 4.78 is 0. The van der Waals surface area contributed by atoms with Crippen molar-refractivity contribution >= 4 is 23.3 Å². The molecule has 0 saturated carbocycles. The van der Waals surface area contributed by atoms with Crippen LogP contribution in [0.5, 0.6) is 0 Å². The van der Waals surface area contributed by atoms with E-state index in [1.54, 1.807) is 0 Å². The molecule has 1 fully saturated rings. The zero-order chi connectivity index (χ0) is 15.4. The van der Waals surface area contributed by atoms with Crippen molar-refractivity contribution in [1.82, 2.24) is 0 Å². The summed E-state index contributed by atoms with van der Waals surface area (Å²) in [6.07, 6.45) is 5.23. The van der Waals surface area contributed by atoms with Crippen molar-refractivity contribution in [2.24, 2.45) is 10.9 Å². The minimum atomic E-state index is 0.358. The summed E-state index contributed by atoms with van der Waals surface area (Å²) in [5.41, 5.74) is 16.0. The molecule has 0 spiro atoms. The molecule has 2 rings (SSSR count). The van der Waals surface area contributed by atoms with Gasteiger partial charge in [-0.1, -0.05) is 20.8 Å². The fraction of sp³-hybridized carbons (Fsp3) is 0.588. The van der Waals surface area contributed by atoms with Gasteiger partial charge in [-0.3, -0.25) is 4.99 Å². The lowest BCUT2D eigenvalue weighted by atomic mass is 10.1. The molecule has 0 unspecified atom stereocenters. The lowest BCUT2D eigenvalue weighted by molar-refractivity contribution is 0.634. The summed E-state index contributed by atoms with van der Waals surface area (Å²) in [6, 6.07) is 4.14. The molecule has 1 saturated heterocycles. The van der Waals surface area contributed by atoms with Crippen LogP contribution in [0.15, 0.2) is 17.1 Å². The first kappa shape index (κ1) is 15.7. The summed E-state index contributed by atoms with van der Waals surface area (Å²) in [6.45, 7) is 8.69. The van der Waals surface area contributed by atoms with Gasteiger partial charge in [0.1, 0.15) is 0 Å². The Hall–Kier alpha value is -1.71. The van der Waals surface area contributed by atoms with E-state index in [1.165, 1.54) is 6.42 Å². The third-order valence-electron chi connectivity index (χ3n) is 4.38. The Morgan fingerprint density at radius 1 is 1.29 bits per heavy atom. The molecule has 21 heavy (non-hydrogen) atoms. The smallest absolute Gasteiger partial charge is 0.0709 e. The first-order chi connectivity index (χ1) is 10.1. The van der Waals surface area contributed by atoms with E-state index < -0.39 is 0 Å². The summed E-state index contributed by atoms with van der Waals surface area (Å²) >= 11 is 0. The third-order valence-corrected chi connectivity index (χ3v) is 4.38. The molecule has 1 aromatic rings. The molecule has 4 heteroatoms. The molecule has 116 valence electrons. The van der Waals surface area contributed by atoms with Gasteiger partial charge in [0.05, 0.1) is 11.4 Å². The summed E-state index contributed by atoms with van der Waals surface area (Å²) in [4.78, 5) is 7.05. The largest absolute Gasteiger partial charge is 0.398 e. The van der Waals surface area contributed by atoms with Crippen molar-refractivity contribution in [2.75, 3.05) is 29.5 Å². The summed E-state index contributed by atoms with van der Waals surface area (Å²) in [5.74, 6) is 0.703. The average molecular weight is 288 g/mol. The van der Waals surface area contributed by atoms with Crippen LogP contribution in [-0.4, -0.2) is 25.3 Å². The molecule has 0 amide bonds. The van der Waals surface area contributed by atoms with Crippen LogP contribution in [0.2, 0.25) is 0 Å². The standard InChI is InChI=1S/C17H28N4/c1-4-13(5-2)20-10-14-15(18)6-7-16(19)17(14)21-9-8-12(3)11-21/h6-7,10,12-13H,4-5,8-9,11,18-19H2,1-3H3/t12-/m0/s1. The lowest BCUT2D eigenvalue weighted by Crippen LogP contribution is -2.22. The average Bonchev–Trinajstić information content (AvgIpc) is 2.89. The minimum Gasteiger partial charge on any atom is -0.398 e. The highest BCUT2D eigenvalue weighted by molar-refractivity contribution is 5.98. The highest BCUT2D eigenvalue weighted by Gasteiger charge is 2.23. The van der Waals surface area contributed by atoms with Crippen molar-refractivity contribution in [1.29, 1.82) is 0 Å². The van der Waals surface area contributed by atoms with Gasteiger partial charge >= 0.3 is 0 Å². The number of benzene rings is 1. The fourth-order valence-corrected chi connectivity index (χ4v) is 2.95. The maximum atomic E-state index is 6.23. The molecule has 0 aliphatic carbocycles. The maximum Gasteiger partial charge on any atom is 0.0709 e. The van der Waals surface area contributed by atoms with Crippen LogP contribution < -0.4 is 16.4 Å². The van der Waals surface area contributed by atoms with Gasteiger partial charge < -0.3 is 16.4 Å². The second-order valence-corrected chi connectivity index (χ2v) is 6.09. The van der Waals surface area contributed by atoms with Crippen LogP contribution in [0.1, 0.15) is 45.6 Å². The number of nitrogen functional groups attached to an aromatic ring is 2. The SMILES string of the molecule is CCC(CC)N=Cc1c(N)ccc(N)c1N1CC[C@H](C)C1. The van der Waals surface area contributed by atoms with Gasteiger partial charge in [0.15, 0.2) is 0 Å². The number of nitrogens with two attached hydrogens (primary N) is 2. The molecule has 1 atom stereocenters. The van der Waals surface area contributed by atoms with Crippen LogP contribution in [0.25, 0.3) is 0 Å². The second kappa shape index (κ2) is 6.83. The molecule has 1 heterocycles. The Morgan fingerprint density at radius 2 is 1.95 bits per heavy atom. The van der Waals surface area contributed by atoms with Crippen molar-refractivity contribution in [3.05, 3.63) is 17.7 Å². The van der Waals surface area contributed by atoms with Gasteiger partial charge in [0.2, 0.25) is 0 Å². The normalized spacial score (nSPS) is 19.0. The van der Waals surface area contributed by atoms with Crippen molar-refractivity contribution in [3.8, 4) is 0 Å². The molecular weight excluding hydrogens is 260 g/mol. The highest BCUT2D eigenvalue weighted by atomic mass is 15.2. The zero-order valence-electron chi connectivity index (χ0n) is 13.5. The molecule has 4 N–H and O–H groups in total. The van der Waals surface area contributed by atoms with E-state index in [9.17, 15) is 0 Å². The van der Waals surface area contributed by atoms with Gasteiger partial charge in [0, 0.05) is 36.6 Å². The second-order valence-electron chi connectivity index (χ2n) is 6.09. The van der Waals surface area contributed by atoms with Crippen LogP contribution >= 0.6 is 0 Å². The van der Waals surface area contributed by atoms with E-state index in [2.05, 4.69) is 25.7 Å². The van der Waals surface area contributed by atoms with Crippen LogP contribution in [0.3, 0.4) is 0 Å². The highest BCUT2D eigenvalue weighted by Crippen LogP contribution is 2.34. The first-order valence-corrected chi connectivity index (χ1v) is 8.02. The van der Waals surface area contributed by atoms with E-state index in [-0.39, 0.29) is 0 Å². The molecular formula is C17H28N4. The van der Waals surface area contributed by atoms with Gasteiger partial charge in [0.25, 0.3) is 0 Å². The Kier molecular flexibility index (Phi) is 5.10. The van der Waals surface area contributed by atoms with E-state index in [0.29, 0.717) is 12.0 Å². The summed E-state index contributed by atoms with van der Waals surface area (Å²) in [5, 5.41) is 0. The molecule has 1 aliphatic rings. The van der Waals surface area contributed by atoms with Gasteiger partial charge in [-0.2, -0.15) is 0 Å². The van der Waals surface area contributed by atoms with E-state index in [4.69, 9.17) is 16.5 Å². The van der Waals surface area contributed by atoms with E-state index in [1.807, 2.05) is 18.3 Å². The van der Waals surface area contributed by atoms with Crippen LogP contribution in [-0.2, 0) is 0 Å². The van der Waals surface area contributed by atoms with Gasteiger partial charge in [-0.25, -0.2) is 0 Å². The van der Waals surface area contributed by atoms with Crippen molar-refractivity contribution in [2.45, 2.75) is 46.1 Å². The Labute approximate surface area is 128 Å². The van der Waals surface area contributed by atoms with E-state index in [0.717, 1.165) is 48.6 Å². The third kappa shape index (κ3) is 3.49. The van der Waals surface area contributed by atoms with Crippen molar-refractivity contribution < 1.29 is 0 Å². The Morgan fingerprint density at radius 3 is 2.52 bits per heavy atom. The number of rotatable bonds is 5. The fourth-order valence-electron chi connectivity index (χ4n) is 2.95. The van der Waals surface area contributed by atoms with Crippen LogP contribution in [0, 0.1) is 5.92 Å². The van der Waals surface area contributed by atoms with Crippen molar-refractivity contribution in [3.63, 3.8) is 0 Å². The van der Waals surface area contributed by atoms with Gasteiger partial charge in [-0.05, 0) is 37.3 Å². The number of aliphatic imine (C=N–C) groups is 1. The molecule has 1 aliphatic heterocycles. The molecule has 4 nitrogen and oxygen atoms in total. The Balaban J connectivity index is 2.37. The van der Waals surface area contributed by atoms with E-state index >= 15 is 0 Å².